The van der Waals surface area contributed by atoms with E-state index in [0.29, 0.717) is 12.0 Å². The summed E-state index contributed by atoms with van der Waals surface area (Å²) in [4.78, 5) is 0.182. The summed E-state index contributed by atoms with van der Waals surface area (Å²) in [7, 11) is -3.44. The highest BCUT2D eigenvalue weighted by Crippen LogP contribution is 2.48. The number of halogens is 1. The molecule has 0 bridgehead atoms. The Morgan fingerprint density at radius 1 is 1.04 bits per heavy atom. The summed E-state index contributed by atoms with van der Waals surface area (Å²) in [6.07, 6.45) is 9.04. The van der Waals surface area contributed by atoms with Crippen molar-refractivity contribution in [3.8, 4) is 12.1 Å². The molecule has 1 heterocycles. The van der Waals surface area contributed by atoms with Crippen molar-refractivity contribution in [3.63, 3.8) is 0 Å². The number of hydrogen-bond acceptors (Lipinski definition) is 4. The molecule has 1 spiro atoms. The third-order valence-corrected chi connectivity index (χ3v) is 8.04. The lowest BCUT2D eigenvalue weighted by atomic mass is 9.74. The van der Waals surface area contributed by atoms with Crippen LogP contribution in [0.25, 0.3) is 0 Å². The number of nitriles is 2. The van der Waals surface area contributed by atoms with Crippen molar-refractivity contribution in [3.05, 3.63) is 20.1 Å². The highest BCUT2D eigenvalue weighted by atomic mass is 127. The summed E-state index contributed by atoms with van der Waals surface area (Å²) in [5.74, 6) is 0.155. The number of allylic oxidation sites excluding steroid dienone is 2. The van der Waals surface area contributed by atoms with E-state index in [1.54, 1.807) is 0 Å². The summed E-state index contributed by atoms with van der Waals surface area (Å²) < 4.78 is 27.1. The molecule has 0 unspecified atom stereocenters. The molecule has 6 heteroatoms. The standard InChI is InChI=1S/C17H21IN2O2S/c18-10-16-15(14(11-19)12-20)9-17(13-23(16,21)22)7-5-3-1-2-4-6-8-17/h10H,1-9,13H2/b16-10-. The van der Waals surface area contributed by atoms with Crippen LogP contribution in [-0.2, 0) is 9.84 Å². The molecule has 2 aliphatic rings. The van der Waals surface area contributed by atoms with Crippen molar-refractivity contribution in [2.75, 3.05) is 5.75 Å². The first kappa shape index (κ1) is 18.5. The fraction of sp³-hybridized carbons (Fsp3) is 0.647. The summed E-state index contributed by atoms with van der Waals surface area (Å²) in [6.45, 7) is 0. The second-order valence-electron chi connectivity index (χ2n) is 6.61. The van der Waals surface area contributed by atoms with Crippen LogP contribution in [0.1, 0.15) is 57.8 Å². The predicted molar refractivity (Wildman–Crippen MR) is 98.1 cm³/mol. The summed E-state index contributed by atoms with van der Waals surface area (Å²) >= 11 is 1.90. The van der Waals surface area contributed by atoms with Crippen LogP contribution in [0.5, 0.6) is 0 Å². The van der Waals surface area contributed by atoms with E-state index in [1.165, 1.54) is 16.9 Å². The molecule has 124 valence electrons. The Bertz CT molecular complexity index is 682. The van der Waals surface area contributed by atoms with E-state index in [2.05, 4.69) is 0 Å². The molecular formula is C17H21IN2O2S. The zero-order valence-electron chi connectivity index (χ0n) is 13.1. The van der Waals surface area contributed by atoms with Crippen LogP contribution in [0.4, 0.5) is 0 Å². The Kier molecular flexibility index (Phi) is 6.27. The molecule has 0 aromatic carbocycles. The van der Waals surface area contributed by atoms with Crippen LogP contribution in [-0.4, -0.2) is 14.2 Å². The van der Waals surface area contributed by atoms with Gasteiger partial charge in [0.25, 0.3) is 0 Å². The molecule has 0 aromatic rings. The van der Waals surface area contributed by atoms with Crippen molar-refractivity contribution in [1.82, 2.24) is 0 Å². The first-order chi connectivity index (χ1) is 11.0. The molecule has 4 nitrogen and oxygen atoms in total. The van der Waals surface area contributed by atoms with Gasteiger partial charge in [0.2, 0.25) is 0 Å². The molecule has 0 radical (unpaired) electrons. The lowest BCUT2D eigenvalue weighted by molar-refractivity contribution is 0.257. The highest BCUT2D eigenvalue weighted by Gasteiger charge is 2.44. The SMILES string of the molecule is N#CC(C#N)=C1CC2(CCCCCCCC2)CS(=O)(=O)/C1=C\I. The van der Waals surface area contributed by atoms with E-state index < -0.39 is 9.84 Å². The molecule has 1 saturated carbocycles. The molecule has 0 aromatic heterocycles. The maximum Gasteiger partial charge on any atom is 0.179 e. The van der Waals surface area contributed by atoms with Crippen LogP contribution in [0.3, 0.4) is 0 Å². The van der Waals surface area contributed by atoms with E-state index >= 15 is 0 Å². The summed E-state index contributed by atoms with van der Waals surface area (Å²) in [6, 6.07) is 3.79. The fourth-order valence-electron chi connectivity index (χ4n) is 3.84. The number of rotatable bonds is 0. The molecule has 0 atom stereocenters. The van der Waals surface area contributed by atoms with Gasteiger partial charge in [-0.15, -0.1) is 0 Å². The van der Waals surface area contributed by atoms with Crippen molar-refractivity contribution < 1.29 is 8.42 Å². The van der Waals surface area contributed by atoms with Crippen molar-refractivity contribution in [2.45, 2.75) is 57.8 Å². The quantitative estimate of drug-likeness (QED) is 0.406. The molecule has 23 heavy (non-hydrogen) atoms. The van der Waals surface area contributed by atoms with Gasteiger partial charge in [0.15, 0.2) is 9.84 Å². The second kappa shape index (κ2) is 7.81. The first-order valence-corrected chi connectivity index (χ1v) is 10.9. The minimum atomic E-state index is -3.44. The van der Waals surface area contributed by atoms with E-state index in [-0.39, 0.29) is 21.6 Å². The Morgan fingerprint density at radius 2 is 1.57 bits per heavy atom. The monoisotopic (exact) mass is 444 g/mol. The van der Waals surface area contributed by atoms with E-state index in [4.69, 9.17) is 0 Å². The number of nitrogens with zero attached hydrogens (tertiary/aromatic N) is 2. The lowest BCUT2D eigenvalue weighted by Gasteiger charge is -2.39. The molecule has 1 aliphatic heterocycles. The molecule has 0 N–H and O–H groups in total. The van der Waals surface area contributed by atoms with Crippen LogP contribution in [0.15, 0.2) is 20.1 Å². The van der Waals surface area contributed by atoms with Gasteiger partial charge in [-0.3, -0.25) is 0 Å². The molecule has 2 rings (SSSR count). The Hall–Kier alpha value is -0.860. The zero-order chi connectivity index (χ0) is 16.9. The molecular weight excluding hydrogens is 423 g/mol. The third kappa shape index (κ3) is 4.16. The zero-order valence-corrected chi connectivity index (χ0v) is 16.1. The van der Waals surface area contributed by atoms with Gasteiger partial charge < -0.3 is 0 Å². The third-order valence-electron chi connectivity index (χ3n) is 4.97. The Morgan fingerprint density at radius 3 is 2.04 bits per heavy atom. The molecule has 2 fully saturated rings. The predicted octanol–water partition coefficient (Wildman–Crippen LogP) is 4.55. The summed E-state index contributed by atoms with van der Waals surface area (Å²) in [5, 5.41) is 18.5. The van der Waals surface area contributed by atoms with Crippen molar-refractivity contribution in [2.24, 2.45) is 5.41 Å². The van der Waals surface area contributed by atoms with Gasteiger partial charge in [0.05, 0.1) is 10.7 Å². The fourth-order valence-corrected chi connectivity index (χ4v) is 7.42. The Balaban J connectivity index is 2.50. The van der Waals surface area contributed by atoms with E-state index in [1.807, 2.05) is 34.7 Å². The second-order valence-corrected chi connectivity index (χ2v) is 9.19. The molecule has 0 amide bonds. The molecule has 1 saturated heterocycles. The van der Waals surface area contributed by atoms with E-state index in [9.17, 15) is 18.9 Å². The van der Waals surface area contributed by atoms with Gasteiger partial charge in [-0.1, -0.05) is 61.1 Å². The largest absolute Gasteiger partial charge is 0.224 e. The van der Waals surface area contributed by atoms with Crippen LogP contribution in [0, 0.1) is 28.1 Å². The normalized spacial score (nSPS) is 25.7. The average Bonchev–Trinajstić information content (AvgIpc) is 2.60. The minimum Gasteiger partial charge on any atom is -0.224 e. The van der Waals surface area contributed by atoms with Gasteiger partial charge in [0, 0.05) is 5.57 Å². The smallest absolute Gasteiger partial charge is 0.179 e. The van der Waals surface area contributed by atoms with E-state index in [0.717, 1.165) is 38.5 Å². The minimum absolute atomic E-state index is 0.0459. The first-order valence-electron chi connectivity index (χ1n) is 8.05. The molecule has 1 aliphatic carbocycles. The Labute approximate surface area is 152 Å². The maximum atomic E-state index is 12.8. The van der Waals surface area contributed by atoms with Crippen LogP contribution < -0.4 is 0 Å². The van der Waals surface area contributed by atoms with Gasteiger partial charge in [-0.05, 0) is 28.8 Å². The van der Waals surface area contributed by atoms with Gasteiger partial charge >= 0.3 is 0 Å². The highest BCUT2D eigenvalue weighted by molar-refractivity contribution is 14.1. The summed E-state index contributed by atoms with van der Waals surface area (Å²) in [5.41, 5.74) is 0.0889. The number of hydrogen-bond donors (Lipinski definition) is 0. The number of sulfone groups is 1. The van der Waals surface area contributed by atoms with Gasteiger partial charge in [-0.25, -0.2) is 8.42 Å². The van der Waals surface area contributed by atoms with Gasteiger partial charge in [0.1, 0.15) is 17.7 Å². The van der Waals surface area contributed by atoms with Gasteiger partial charge in [-0.2, -0.15) is 10.5 Å². The van der Waals surface area contributed by atoms with Crippen molar-refractivity contribution in [1.29, 1.82) is 10.5 Å². The topological polar surface area (TPSA) is 81.7 Å². The van der Waals surface area contributed by atoms with Crippen molar-refractivity contribution >= 4 is 32.4 Å². The van der Waals surface area contributed by atoms with Crippen LogP contribution >= 0.6 is 22.6 Å². The van der Waals surface area contributed by atoms with Crippen LogP contribution in [0.2, 0.25) is 0 Å². The lowest BCUT2D eigenvalue weighted by Crippen LogP contribution is -2.37. The average molecular weight is 444 g/mol. The maximum absolute atomic E-state index is 12.8.